The average molecular weight is 280 g/mol. The van der Waals surface area contributed by atoms with Crippen LogP contribution in [0.3, 0.4) is 0 Å². The molecule has 1 aromatic rings. The lowest BCUT2D eigenvalue weighted by atomic mass is 10.1. The van der Waals surface area contributed by atoms with Crippen molar-refractivity contribution in [1.29, 1.82) is 0 Å². The Balaban J connectivity index is 1.84. The number of aromatic nitrogens is 2. The fraction of sp³-hybridized carbons (Fsp3) is 0.615. The largest absolute Gasteiger partial charge is 0.481 e. The molecular weight excluding hydrogens is 260 g/mol. The Morgan fingerprint density at radius 2 is 2.35 bits per heavy atom. The number of carbonyl (C=O) groups excluding carboxylic acids is 1. The Labute approximate surface area is 117 Å². The van der Waals surface area contributed by atoms with Gasteiger partial charge >= 0.3 is 5.97 Å². The molecule has 2 N–H and O–H groups in total. The quantitative estimate of drug-likeness (QED) is 0.798. The third-order valence-electron chi connectivity index (χ3n) is 3.41. The maximum absolute atomic E-state index is 12.0. The molecule has 0 radical (unpaired) electrons. The topological polar surface area (TPSA) is 87.5 Å². The lowest BCUT2D eigenvalue weighted by Crippen LogP contribution is -2.32. The van der Waals surface area contributed by atoms with E-state index in [0.717, 1.165) is 13.0 Å². The van der Waals surface area contributed by atoms with E-state index in [0.29, 0.717) is 25.3 Å². The third-order valence-corrected chi connectivity index (χ3v) is 3.41. The van der Waals surface area contributed by atoms with Crippen molar-refractivity contribution in [2.45, 2.75) is 26.3 Å². The SMILES string of the molecule is CCCn1nccc1NC(=O)CN1CCC(C(=O)O)C1. The second-order valence-corrected chi connectivity index (χ2v) is 5.05. The number of carbonyl (C=O) groups is 2. The molecule has 7 heteroatoms. The predicted octanol–water partition coefficient (Wildman–Crippen LogP) is 0.638. The van der Waals surface area contributed by atoms with E-state index in [1.807, 2.05) is 11.8 Å². The van der Waals surface area contributed by atoms with Crippen molar-refractivity contribution in [3.63, 3.8) is 0 Å². The maximum atomic E-state index is 12.0. The number of hydrogen-bond acceptors (Lipinski definition) is 4. The van der Waals surface area contributed by atoms with Crippen LogP contribution in [-0.4, -0.2) is 51.3 Å². The summed E-state index contributed by atoms with van der Waals surface area (Å²) in [6, 6.07) is 1.76. The van der Waals surface area contributed by atoms with Crippen molar-refractivity contribution < 1.29 is 14.7 Å². The Morgan fingerprint density at radius 3 is 3.00 bits per heavy atom. The fourth-order valence-corrected chi connectivity index (χ4v) is 2.39. The molecule has 0 aromatic carbocycles. The number of rotatable bonds is 6. The van der Waals surface area contributed by atoms with Gasteiger partial charge in [-0.2, -0.15) is 5.10 Å². The van der Waals surface area contributed by atoms with Gasteiger partial charge in [0, 0.05) is 19.2 Å². The summed E-state index contributed by atoms with van der Waals surface area (Å²) in [5.74, 6) is -0.581. The second kappa shape index (κ2) is 6.51. The summed E-state index contributed by atoms with van der Waals surface area (Å²) in [6.07, 6.45) is 3.20. The minimum absolute atomic E-state index is 0.131. The highest BCUT2D eigenvalue weighted by molar-refractivity contribution is 5.91. The summed E-state index contributed by atoms with van der Waals surface area (Å²) in [6.45, 7) is 4.12. The molecule has 1 aliphatic rings. The normalized spacial score (nSPS) is 19.1. The number of anilines is 1. The van der Waals surface area contributed by atoms with E-state index >= 15 is 0 Å². The summed E-state index contributed by atoms with van der Waals surface area (Å²) in [5.41, 5.74) is 0. The van der Waals surface area contributed by atoms with Crippen LogP contribution < -0.4 is 5.32 Å². The molecule has 7 nitrogen and oxygen atoms in total. The van der Waals surface area contributed by atoms with E-state index in [1.54, 1.807) is 16.9 Å². The van der Waals surface area contributed by atoms with Gasteiger partial charge in [0.15, 0.2) is 0 Å². The minimum Gasteiger partial charge on any atom is -0.481 e. The zero-order valence-electron chi connectivity index (χ0n) is 11.6. The van der Waals surface area contributed by atoms with E-state index in [2.05, 4.69) is 10.4 Å². The molecule has 1 atom stereocenters. The molecule has 0 spiro atoms. The fourth-order valence-electron chi connectivity index (χ4n) is 2.39. The number of nitrogens with zero attached hydrogens (tertiary/aromatic N) is 3. The van der Waals surface area contributed by atoms with Crippen molar-refractivity contribution in [1.82, 2.24) is 14.7 Å². The van der Waals surface area contributed by atoms with Crippen LogP contribution in [0.4, 0.5) is 5.82 Å². The van der Waals surface area contributed by atoms with Gasteiger partial charge in [-0.1, -0.05) is 6.92 Å². The lowest BCUT2D eigenvalue weighted by Gasteiger charge is -2.15. The first-order chi connectivity index (χ1) is 9.60. The molecule has 20 heavy (non-hydrogen) atoms. The zero-order chi connectivity index (χ0) is 14.5. The van der Waals surface area contributed by atoms with Gasteiger partial charge in [-0.05, 0) is 19.4 Å². The molecule has 0 bridgehead atoms. The molecule has 0 aliphatic carbocycles. The van der Waals surface area contributed by atoms with Crippen molar-refractivity contribution in [3.05, 3.63) is 12.3 Å². The molecule has 1 aliphatic heterocycles. The number of likely N-dealkylation sites (tertiary alicyclic amines) is 1. The van der Waals surface area contributed by atoms with E-state index < -0.39 is 5.97 Å². The van der Waals surface area contributed by atoms with Crippen LogP contribution in [0.2, 0.25) is 0 Å². The van der Waals surface area contributed by atoms with Gasteiger partial charge in [0.25, 0.3) is 0 Å². The van der Waals surface area contributed by atoms with Gasteiger partial charge < -0.3 is 10.4 Å². The first-order valence-corrected chi connectivity index (χ1v) is 6.87. The smallest absolute Gasteiger partial charge is 0.307 e. The van der Waals surface area contributed by atoms with E-state index in [4.69, 9.17) is 5.11 Å². The molecule has 1 saturated heterocycles. The van der Waals surface area contributed by atoms with Gasteiger partial charge in [0.2, 0.25) is 5.91 Å². The lowest BCUT2D eigenvalue weighted by molar-refractivity contribution is -0.141. The van der Waals surface area contributed by atoms with Crippen molar-refractivity contribution in [2.24, 2.45) is 5.92 Å². The van der Waals surface area contributed by atoms with Crippen LogP contribution in [0.15, 0.2) is 12.3 Å². The van der Waals surface area contributed by atoms with Gasteiger partial charge in [0.1, 0.15) is 5.82 Å². The maximum Gasteiger partial charge on any atom is 0.307 e. The number of amides is 1. The van der Waals surface area contributed by atoms with E-state index in [1.165, 1.54) is 0 Å². The summed E-state index contributed by atoms with van der Waals surface area (Å²) >= 11 is 0. The Morgan fingerprint density at radius 1 is 1.55 bits per heavy atom. The van der Waals surface area contributed by atoms with E-state index in [-0.39, 0.29) is 18.4 Å². The Bertz CT molecular complexity index is 486. The number of nitrogens with one attached hydrogen (secondary N) is 1. The molecule has 2 heterocycles. The molecule has 1 fully saturated rings. The van der Waals surface area contributed by atoms with Crippen molar-refractivity contribution >= 4 is 17.7 Å². The second-order valence-electron chi connectivity index (χ2n) is 5.05. The minimum atomic E-state index is -0.783. The van der Waals surface area contributed by atoms with Crippen LogP contribution in [0, 0.1) is 5.92 Å². The first-order valence-electron chi connectivity index (χ1n) is 6.87. The molecule has 110 valence electrons. The Hall–Kier alpha value is -1.89. The van der Waals surface area contributed by atoms with Gasteiger partial charge in [-0.3, -0.25) is 14.5 Å². The highest BCUT2D eigenvalue weighted by Crippen LogP contribution is 2.16. The third kappa shape index (κ3) is 3.57. The highest BCUT2D eigenvalue weighted by atomic mass is 16.4. The van der Waals surface area contributed by atoms with Crippen molar-refractivity contribution in [2.75, 3.05) is 25.0 Å². The van der Waals surface area contributed by atoms with Crippen LogP contribution >= 0.6 is 0 Å². The van der Waals surface area contributed by atoms with Crippen LogP contribution in [0.25, 0.3) is 0 Å². The summed E-state index contributed by atoms with van der Waals surface area (Å²) < 4.78 is 1.75. The molecule has 0 saturated carbocycles. The van der Waals surface area contributed by atoms with Gasteiger partial charge in [0.05, 0.1) is 18.7 Å². The Kier molecular flexibility index (Phi) is 4.73. The summed E-state index contributed by atoms with van der Waals surface area (Å²) in [4.78, 5) is 24.7. The van der Waals surface area contributed by atoms with Crippen LogP contribution in [0.5, 0.6) is 0 Å². The molecule has 2 rings (SSSR count). The number of aliphatic carboxylic acids is 1. The molecule has 1 aromatic heterocycles. The first kappa shape index (κ1) is 14.5. The monoisotopic (exact) mass is 280 g/mol. The summed E-state index contributed by atoms with van der Waals surface area (Å²) in [5, 5.41) is 15.9. The summed E-state index contributed by atoms with van der Waals surface area (Å²) in [7, 11) is 0. The van der Waals surface area contributed by atoms with Crippen LogP contribution in [0.1, 0.15) is 19.8 Å². The molecule has 1 amide bonds. The van der Waals surface area contributed by atoms with E-state index in [9.17, 15) is 9.59 Å². The van der Waals surface area contributed by atoms with Crippen molar-refractivity contribution in [3.8, 4) is 0 Å². The molecule has 1 unspecified atom stereocenters. The average Bonchev–Trinajstić information content (AvgIpc) is 3.00. The number of carboxylic acids is 1. The predicted molar refractivity (Wildman–Crippen MR) is 73.3 cm³/mol. The van der Waals surface area contributed by atoms with Crippen LogP contribution in [-0.2, 0) is 16.1 Å². The number of aryl methyl sites for hydroxylation is 1. The number of hydrogen-bond donors (Lipinski definition) is 2. The number of carboxylic acid groups (broad SMARTS) is 1. The standard InChI is InChI=1S/C13H20N4O3/c1-2-6-17-11(3-5-14-17)15-12(18)9-16-7-4-10(8-16)13(19)20/h3,5,10H,2,4,6-9H2,1H3,(H,15,18)(H,19,20). The van der Waals surface area contributed by atoms with Gasteiger partial charge in [-0.15, -0.1) is 0 Å². The molecular formula is C13H20N4O3. The van der Waals surface area contributed by atoms with Gasteiger partial charge in [-0.25, -0.2) is 4.68 Å². The zero-order valence-corrected chi connectivity index (χ0v) is 11.6. The highest BCUT2D eigenvalue weighted by Gasteiger charge is 2.28.